The van der Waals surface area contributed by atoms with Gasteiger partial charge in [0.1, 0.15) is 5.82 Å². The second-order valence-electron chi connectivity index (χ2n) is 6.33. The van der Waals surface area contributed by atoms with Crippen LogP contribution in [-0.2, 0) is 9.53 Å². The van der Waals surface area contributed by atoms with Crippen molar-refractivity contribution in [2.45, 2.75) is 18.8 Å². The van der Waals surface area contributed by atoms with E-state index in [1.165, 1.54) is 11.9 Å². The van der Waals surface area contributed by atoms with Gasteiger partial charge in [-0.25, -0.2) is 19.6 Å². The van der Waals surface area contributed by atoms with Crippen molar-refractivity contribution in [2.75, 3.05) is 39.8 Å². The summed E-state index contributed by atoms with van der Waals surface area (Å²) in [4.78, 5) is 26.7. The second-order valence-corrected chi connectivity index (χ2v) is 6.33. The van der Waals surface area contributed by atoms with E-state index in [0.717, 1.165) is 24.3 Å². The zero-order chi connectivity index (χ0) is 20.9. The number of amides is 1. The van der Waals surface area contributed by atoms with Crippen LogP contribution in [0.2, 0.25) is 0 Å². The molecule has 1 aromatic carbocycles. The summed E-state index contributed by atoms with van der Waals surface area (Å²) < 4.78 is 59.8. The summed E-state index contributed by atoms with van der Waals surface area (Å²) in [6.45, 7) is 2.37. The van der Waals surface area contributed by atoms with E-state index in [1.54, 1.807) is 5.32 Å². The lowest BCUT2D eigenvalue weighted by Crippen LogP contribution is -2.76. The summed E-state index contributed by atoms with van der Waals surface area (Å²) in [5, 5.41) is 2.94. The molecular weight excluding hydrogens is 384 g/mol. The molecule has 1 fully saturated rings. The van der Waals surface area contributed by atoms with Crippen molar-refractivity contribution < 1.29 is 31.9 Å². The van der Waals surface area contributed by atoms with E-state index in [0.29, 0.717) is 13.1 Å². The first-order valence-electron chi connectivity index (χ1n) is 8.62. The van der Waals surface area contributed by atoms with Crippen LogP contribution in [0.15, 0.2) is 24.3 Å². The average Bonchev–Trinajstić information content (AvgIpc) is 2.62. The molecular formula is C17H22F4N4O3. The van der Waals surface area contributed by atoms with E-state index >= 15 is 0 Å². The molecule has 1 heterocycles. The van der Waals surface area contributed by atoms with E-state index in [1.807, 2.05) is 11.9 Å². The molecule has 2 N–H and O–H groups in total. The summed E-state index contributed by atoms with van der Waals surface area (Å²) in [7, 11) is 1.82. The molecule has 1 aliphatic heterocycles. The Morgan fingerprint density at radius 2 is 1.68 bits per heavy atom. The third-order valence-electron chi connectivity index (χ3n) is 4.24. The van der Waals surface area contributed by atoms with Crippen LogP contribution in [0.3, 0.4) is 0 Å². The highest BCUT2D eigenvalue weighted by Gasteiger charge is 2.64. The smallest absolute Gasteiger partial charge is 0.437 e. The molecule has 11 heteroatoms. The number of hydrogen-bond acceptors (Lipinski definition) is 6. The monoisotopic (exact) mass is 406 g/mol. The van der Waals surface area contributed by atoms with Gasteiger partial charge in [0.15, 0.2) is 0 Å². The third kappa shape index (κ3) is 4.97. The van der Waals surface area contributed by atoms with Crippen LogP contribution in [0, 0.1) is 5.82 Å². The molecule has 2 rings (SSSR count). The maximum atomic E-state index is 14.0. The summed E-state index contributed by atoms with van der Waals surface area (Å²) in [5.41, 5.74) is -1.59. The number of alkyl halides is 3. The van der Waals surface area contributed by atoms with Crippen molar-refractivity contribution in [3.63, 3.8) is 0 Å². The molecule has 1 amide bonds. The molecule has 1 atom stereocenters. The van der Waals surface area contributed by atoms with E-state index in [-0.39, 0.29) is 25.3 Å². The zero-order valence-corrected chi connectivity index (χ0v) is 15.5. The Kier molecular flexibility index (Phi) is 6.96. The minimum Gasteiger partial charge on any atom is -0.463 e. The summed E-state index contributed by atoms with van der Waals surface area (Å²) in [5.74, 6) is -3.54. The van der Waals surface area contributed by atoms with Gasteiger partial charge in [0.2, 0.25) is 0 Å². The van der Waals surface area contributed by atoms with Gasteiger partial charge in [0.25, 0.3) is 5.91 Å². The summed E-state index contributed by atoms with van der Waals surface area (Å²) in [6, 6.07) is 3.91. The minimum absolute atomic E-state index is 0.195. The highest BCUT2D eigenvalue weighted by Crippen LogP contribution is 2.31. The van der Waals surface area contributed by atoms with Gasteiger partial charge in [-0.15, -0.1) is 0 Å². The number of ether oxygens (including phenoxy) is 1. The lowest BCUT2D eigenvalue weighted by Gasteiger charge is -2.41. The number of nitrogens with one attached hydrogen (secondary N) is 2. The average molecular weight is 406 g/mol. The molecule has 0 spiro atoms. The van der Waals surface area contributed by atoms with Gasteiger partial charge in [0, 0.05) is 31.7 Å². The Balaban J connectivity index is 2.36. The van der Waals surface area contributed by atoms with Crippen molar-refractivity contribution in [3.8, 4) is 0 Å². The molecule has 0 radical (unpaired) electrons. The topological polar surface area (TPSA) is 73.9 Å². The number of nitrogens with zero attached hydrogens (tertiary/aromatic N) is 2. The molecule has 1 saturated heterocycles. The fourth-order valence-corrected chi connectivity index (χ4v) is 2.61. The van der Waals surface area contributed by atoms with Crippen LogP contribution in [0.5, 0.6) is 0 Å². The predicted molar refractivity (Wildman–Crippen MR) is 91.5 cm³/mol. The lowest BCUT2D eigenvalue weighted by atomic mass is 10.1. The van der Waals surface area contributed by atoms with Gasteiger partial charge in [-0.05, 0) is 38.2 Å². The highest BCUT2D eigenvalue weighted by atomic mass is 19.4. The number of benzene rings is 1. The first-order valence-corrected chi connectivity index (χ1v) is 8.62. The van der Waals surface area contributed by atoms with Gasteiger partial charge >= 0.3 is 17.8 Å². The van der Waals surface area contributed by atoms with Crippen LogP contribution in [-0.4, -0.2) is 73.5 Å². The number of hydrogen-bond donors (Lipinski definition) is 2. The van der Waals surface area contributed by atoms with Crippen LogP contribution in [0.1, 0.15) is 17.3 Å². The molecule has 0 unspecified atom stereocenters. The van der Waals surface area contributed by atoms with Gasteiger partial charge in [-0.2, -0.15) is 13.2 Å². The Bertz CT molecular complexity index is 691. The third-order valence-corrected chi connectivity index (χ3v) is 4.24. The first-order chi connectivity index (χ1) is 13.1. The molecule has 0 aromatic heterocycles. The molecule has 7 nitrogen and oxygen atoms in total. The predicted octanol–water partition coefficient (Wildman–Crippen LogP) is 1.13. The molecule has 156 valence electrons. The minimum atomic E-state index is -5.21. The molecule has 0 saturated carbocycles. The van der Waals surface area contributed by atoms with Crippen LogP contribution >= 0.6 is 0 Å². The molecule has 1 aliphatic rings. The Morgan fingerprint density at radius 3 is 2.18 bits per heavy atom. The van der Waals surface area contributed by atoms with Crippen molar-refractivity contribution in [3.05, 3.63) is 35.6 Å². The Morgan fingerprint density at radius 1 is 1.11 bits per heavy atom. The lowest BCUT2D eigenvalue weighted by molar-refractivity contribution is -0.231. The molecule has 0 aliphatic carbocycles. The molecule has 1 aromatic rings. The quantitative estimate of drug-likeness (QED) is 0.419. The van der Waals surface area contributed by atoms with E-state index in [9.17, 15) is 27.2 Å². The highest BCUT2D eigenvalue weighted by molar-refractivity contribution is 5.98. The zero-order valence-electron chi connectivity index (χ0n) is 15.5. The maximum Gasteiger partial charge on any atom is 0.437 e. The number of carbonyl (C=O) groups excluding carboxylic acids is 2. The number of carbonyl (C=O) groups is 2. The normalized spacial score (nSPS) is 18.4. The fourth-order valence-electron chi connectivity index (χ4n) is 2.61. The Labute approximate surface area is 159 Å². The van der Waals surface area contributed by atoms with E-state index in [2.05, 4.69) is 10.2 Å². The van der Waals surface area contributed by atoms with E-state index < -0.39 is 29.5 Å². The maximum absolute atomic E-state index is 14.0. The van der Waals surface area contributed by atoms with Crippen molar-refractivity contribution >= 4 is 11.9 Å². The summed E-state index contributed by atoms with van der Waals surface area (Å²) in [6.07, 6.45) is -5.21. The standard InChI is InChI=1S/C17H22F4N4O3/c1-3-28-15(27)16(17(19,20)21,23-25-10-8-24(2)9-11-25)22-14(26)12-4-6-13(18)7-5-12/h4-7,23H,3,8-11H2,1-2H3,(H,22,26)/t16-/m0/s1. The number of likely N-dealkylation sites (N-methyl/N-ethyl adjacent to an activating group) is 1. The van der Waals surface area contributed by atoms with Gasteiger partial charge in [-0.3, -0.25) is 4.79 Å². The number of halogens is 4. The van der Waals surface area contributed by atoms with Crippen LogP contribution < -0.4 is 10.7 Å². The summed E-state index contributed by atoms with van der Waals surface area (Å²) >= 11 is 0. The molecule has 28 heavy (non-hydrogen) atoms. The van der Waals surface area contributed by atoms with Gasteiger partial charge in [0.05, 0.1) is 6.61 Å². The molecule has 0 bridgehead atoms. The van der Waals surface area contributed by atoms with Crippen LogP contribution in [0.4, 0.5) is 17.6 Å². The largest absolute Gasteiger partial charge is 0.463 e. The number of esters is 1. The van der Waals surface area contributed by atoms with Crippen molar-refractivity contribution in [1.82, 2.24) is 20.7 Å². The fraction of sp³-hybridized carbons (Fsp3) is 0.529. The Hall–Kier alpha value is -2.24. The van der Waals surface area contributed by atoms with Crippen molar-refractivity contribution in [2.24, 2.45) is 0 Å². The van der Waals surface area contributed by atoms with Crippen LogP contribution in [0.25, 0.3) is 0 Å². The van der Waals surface area contributed by atoms with Gasteiger partial charge in [-0.1, -0.05) is 0 Å². The van der Waals surface area contributed by atoms with E-state index in [4.69, 9.17) is 0 Å². The number of piperazine rings is 1. The van der Waals surface area contributed by atoms with Gasteiger partial charge < -0.3 is 15.0 Å². The second kappa shape index (κ2) is 8.84. The number of rotatable bonds is 6. The van der Waals surface area contributed by atoms with Crippen molar-refractivity contribution in [1.29, 1.82) is 0 Å². The SMILES string of the molecule is CCOC(=O)[C@](NC(=O)c1ccc(F)cc1)(NN1CCN(C)CC1)C(F)(F)F. The number of hydrazine groups is 1. The first kappa shape index (κ1) is 22.1.